The molecule has 0 radical (unpaired) electrons. The SMILES string of the molecule is CC(O)CCN(C)C(=O)c1cccc(Oc2ccc(C#N)cc2)c1. The Kier molecular flexibility index (Phi) is 5.94. The molecule has 2 aromatic carbocycles. The molecule has 2 rings (SSSR count). The highest BCUT2D eigenvalue weighted by molar-refractivity contribution is 5.94. The first-order valence-electron chi connectivity index (χ1n) is 7.71. The van der Waals surface area contributed by atoms with E-state index in [9.17, 15) is 9.90 Å². The van der Waals surface area contributed by atoms with E-state index in [1.54, 1.807) is 67.4 Å². The molecule has 0 aliphatic carbocycles. The second-order valence-corrected chi connectivity index (χ2v) is 5.63. The van der Waals surface area contributed by atoms with Crippen LogP contribution in [0.3, 0.4) is 0 Å². The molecule has 0 heterocycles. The fourth-order valence-electron chi connectivity index (χ4n) is 2.13. The quantitative estimate of drug-likeness (QED) is 0.885. The number of benzene rings is 2. The monoisotopic (exact) mass is 324 g/mol. The number of hydrogen-bond donors (Lipinski definition) is 1. The summed E-state index contributed by atoms with van der Waals surface area (Å²) in [5.74, 6) is 1.02. The molecule has 1 unspecified atom stereocenters. The third-order valence-corrected chi connectivity index (χ3v) is 3.53. The molecule has 1 atom stereocenters. The number of carbonyl (C=O) groups is 1. The molecule has 0 spiro atoms. The fourth-order valence-corrected chi connectivity index (χ4v) is 2.13. The maximum absolute atomic E-state index is 12.4. The van der Waals surface area contributed by atoms with Gasteiger partial charge in [-0.3, -0.25) is 4.79 Å². The van der Waals surface area contributed by atoms with Gasteiger partial charge >= 0.3 is 0 Å². The summed E-state index contributed by atoms with van der Waals surface area (Å²) in [6.45, 7) is 2.18. The van der Waals surface area contributed by atoms with E-state index in [0.717, 1.165) is 0 Å². The van der Waals surface area contributed by atoms with Gasteiger partial charge in [0.2, 0.25) is 0 Å². The zero-order valence-electron chi connectivity index (χ0n) is 13.8. The van der Waals surface area contributed by atoms with Gasteiger partial charge in [-0.25, -0.2) is 0 Å². The molecule has 0 saturated carbocycles. The predicted molar refractivity (Wildman–Crippen MR) is 90.9 cm³/mol. The Labute approximate surface area is 141 Å². The van der Waals surface area contributed by atoms with Crippen molar-refractivity contribution in [3.05, 3.63) is 59.7 Å². The van der Waals surface area contributed by atoms with Crippen LogP contribution in [0, 0.1) is 11.3 Å². The van der Waals surface area contributed by atoms with E-state index < -0.39 is 6.10 Å². The molecular formula is C19H20N2O3. The lowest BCUT2D eigenvalue weighted by atomic mass is 10.1. The van der Waals surface area contributed by atoms with Gasteiger partial charge in [-0.05, 0) is 55.8 Å². The number of nitrogens with zero attached hydrogens (tertiary/aromatic N) is 2. The standard InChI is InChI=1S/C19H20N2O3/c1-14(22)10-11-21(2)19(23)16-4-3-5-18(12-16)24-17-8-6-15(13-20)7-9-17/h3-9,12,14,22H,10-11H2,1-2H3. The summed E-state index contributed by atoms with van der Waals surface area (Å²) in [4.78, 5) is 14.0. The van der Waals surface area contributed by atoms with Crippen LogP contribution in [0.4, 0.5) is 0 Å². The van der Waals surface area contributed by atoms with Gasteiger partial charge in [0, 0.05) is 19.2 Å². The van der Waals surface area contributed by atoms with Gasteiger partial charge in [0.15, 0.2) is 0 Å². The van der Waals surface area contributed by atoms with Crippen molar-refractivity contribution in [3.8, 4) is 17.6 Å². The number of rotatable bonds is 6. The van der Waals surface area contributed by atoms with Crippen molar-refractivity contribution in [3.63, 3.8) is 0 Å². The van der Waals surface area contributed by atoms with E-state index in [0.29, 0.717) is 35.6 Å². The van der Waals surface area contributed by atoms with Crippen LogP contribution in [0.2, 0.25) is 0 Å². The van der Waals surface area contributed by atoms with Gasteiger partial charge in [0.1, 0.15) is 11.5 Å². The van der Waals surface area contributed by atoms with Gasteiger partial charge in [-0.15, -0.1) is 0 Å². The van der Waals surface area contributed by atoms with Crippen molar-refractivity contribution in [1.29, 1.82) is 5.26 Å². The number of carbonyl (C=O) groups excluding carboxylic acids is 1. The molecule has 0 bridgehead atoms. The van der Waals surface area contributed by atoms with Crippen LogP contribution in [0.25, 0.3) is 0 Å². The van der Waals surface area contributed by atoms with E-state index in [1.807, 2.05) is 0 Å². The van der Waals surface area contributed by atoms with Crippen molar-refractivity contribution in [2.45, 2.75) is 19.4 Å². The Bertz CT molecular complexity index is 733. The minimum Gasteiger partial charge on any atom is -0.457 e. The Morgan fingerprint density at radius 2 is 1.96 bits per heavy atom. The van der Waals surface area contributed by atoms with Crippen molar-refractivity contribution in [1.82, 2.24) is 4.90 Å². The Hall–Kier alpha value is -2.84. The first-order valence-corrected chi connectivity index (χ1v) is 7.71. The summed E-state index contributed by atoms with van der Waals surface area (Å²) in [5.41, 5.74) is 1.08. The van der Waals surface area contributed by atoms with Crippen LogP contribution in [0.1, 0.15) is 29.3 Å². The summed E-state index contributed by atoms with van der Waals surface area (Å²) in [5, 5.41) is 18.1. The molecule has 0 aliphatic rings. The highest BCUT2D eigenvalue weighted by atomic mass is 16.5. The third-order valence-electron chi connectivity index (χ3n) is 3.53. The first-order chi connectivity index (χ1) is 11.5. The van der Waals surface area contributed by atoms with Gasteiger partial charge in [0.05, 0.1) is 17.7 Å². The average Bonchev–Trinajstić information content (AvgIpc) is 2.60. The lowest BCUT2D eigenvalue weighted by molar-refractivity contribution is 0.0768. The summed E-state index contributed by atoms with van der Waals surface area (Å²) in [6, 6.07) is 15.8. The van der Waals surface area contributed by atoms with E-state index in [1.165, 1.54) is 0 Å². The zero-order chi connectivity index (χ0) is 17.5. The van der Waals surface area contributed by atoms with Crippen LogP contribution in [-0.2, 0) is 0 Å². The van der Waals surface area contributed by atoms with Crippen LogP contribution >= 0.6 is 0 Å². The number of hydrogen-bond acceptors (Lipinski definition) is 4. The molecule has 5 nitrogen and oxygen atoms in total. The summed E-state index contributed by atoms with van der Waals surface area (Å²) >= 11 is 0. The molecular weight excluding hydrogens is 304 g/mol. The molecule has 1 amide bonds. The minimum atomic E-state index is -0.439. The Morgan fingerprint density at radius 3 is 2.58 bits per heavy atom. The lowest BCUT2D eigenvalue weighted by Gasteiger charge is -2.18. The molecule has 0 saturated heterocycles. The highest BCUT2D eigenvalue weighted by Gasteiger charge is 2.13. The van der Waals surface area contributed by atoms with Crippen molar-refractivity contribution in [2.24, 2.45) is 0 Å². The molecule has 5 heteroatoms. The normalized spacial score (nSPS) is 11.4. The largest absolute Gasteiger partial charge is 0.457 e. The number of aliphatic hydroxyl groups is 1. The topological polar surface area (TPSA) is 73.6 Å². The average molecular weight is 324 g/mol. The fraction of sp³-hybridized carbons (Fsp3) is 0.263. The van der Waals surface area contributed by atoms with Crippen molar-refractivity contribution < 1.29 is 14.6 Å². The van der Waals surface area contributed by atoms with E-state index in [-0.39, 0.29) is 5.91 Å². The first kappa shape index (κ1) is 17.5. The Morgan fingerprint density at radius 1 is 1.25 bits per heavy atom. The van der Waals surface area contributed by atoms with E-state index >= 15 is 0 Å². The summed E-state index contributed by atoms with van der Waals surface area (Å²) in [7, 11) is 1.71. The van der Waals surface area contributed by atoms with Gasteiger partial charge < -0.3 is 14.7 Å². The number of nitriles is 1. The molecule has 124 valence electrons. The minimum absolute atomic E-state index is 0.124. The van der Waals surface area contributed by atoms with E-state index in [2.05, 4.69) is 6.07 Å². The molecule has 0 aromatic heterocycles. The van der Waals surface area contributed by atoms with Crippen LogP contribution < -0.4 is 4.74 Å². The molecule has 2 aromatic rings. The van der Waals surface area contributed by atoms with Crippen molar-refractivity contribution >= 4 is 5.91 Å². The maximum atomic E-state index is 12.4. The second kappa shape index (κ2) is 8.14. The van der Waals surface area contributed by atoms with Crippen LogP contribution in [0.5, 0.6) is 11.5 Å². The molecule has 0 aliphatic heterocycles. The number of ether oxygens (including phenoxy) is 1. The predicted octanol–water partition coefficient (Wildman–Crippen LogP) is 3.19. The smallest absolute Gasteiger partial charge is 0.253 e. The molecule has 1 N–H and O–H groups in total. The van der Waals surface area contributed by atoms with Crippen molar-refractivity contribution in [2.75, 3.05) is 13.6 Å². The van der Waals surface area contributed by atoms with Crippen LogP contribution in [-0.4, -0.2) is 35.6 Å². The maximum Gasteiger partial charge on any atom is 0.253 e. The highest BCUT2D eigenvalue weighted by Crippen LogP contribution is 2.23. The number of amides is 1. The second-order valence-electron chi connectivity index (χ2n) is 5.63. The lowest BCUT2D eigenvalue weighted by Crippen LogP contribution is -2.29. The van der Waals surface area contributed by atoms with Gasteiger partial charge in [0.25, 0.3) is 5.91 Å². The number of aliphatic hydroxyl groups excluding tert-OH is 1. The molecule has 0 fully saturated rings. The molecule has 24 heavy (non-hydrogen) atoms. The summed E-state index contributed by atoms with van der Waals surface area (Å²) in [6.07, 6.45) is 0.0928. The Balaban J connectivity index is 2.07. The van der Waals surface area contributed by atoms with Gasteiger partial charge in [-0.2, -0.15) is 5.26 Å². The van der Waals surface area contributed by atoms with E-state index in [4.69, 9.17) is 10.00 Å². The summed E-state index contributed by atoms with van der Waals surface area (Å²) < 4.78 is 5.73. The zero-order valence-corrected chi connectivity index (χ0v) is 13.8. The van der Waals surface area contributed by atoms with Gasteiger partial charge in [-0.1, -0.05) is 6.07 Å². The van der Waals surface area contributed by atoms with Crippen LogP contribution in [0.15, 0.2) is 48.5 Å². The third kappa shape index (κ3) is 4.83.